The van der Waals surface area contributed by atoms with Crippen LogP contribution in [0.1, 0.15) is 44.7 Å². The Bertz CT molecular complexity index is 1050. The van der Waals surface area contributed by atoms with Gasteiger partial charge in [-0.05, 0) is 55.2 Å². The van der Waals surface area contributed by atoms with Crippen LogP contribution in [-0.4, -0.2) is 55.0 Å². The zero-order chi connectivity index (χ0) is 22.4. The number of hydrogen-bond donors (Lipinski definition) is 1. The number of ether oxygens (including phenoxy) is 1. The van der Waals surface area contributed by atoms with Crippen molar-refractivity contribution in [1.29, 1.82) is 0 Å². The summed E-state index contributed by atoms with van der Waals surface area (Å²) in [6, 6.07) is 13.8. The Morgan fingerprint density at radius 3 is 2.26 bits per heavy atom. The molecule has 1 spiro atoms. The van der Waals surface area contributed by atoms with Crippen LogP contribution in [0.15, 0.2) is 42.5 Å². The van der Waals surface area contributed by atoms with E-state index in [1.165, 1.54) is 6.26 Å². The Kier molecular flexibility index (Phi) is 5.69. The minimum Gasteiger partial charge on any atom is -0.484 e. The maximum atomic E-state index is 11.5. The number of aliphatic hydroxyl groups is 1. The van der Waals surface area contributed by atoms with Crippen LogP contribution < -0.4 is 4.74 Å². The van der Waals surface area contributed by atoms with E-state index in [0.717, 1.165) is 53.9 Å². The molecule has 2 heterocycles. The third-order valence-corrected chi connectivity index (χ3v) is 7.53. The Morgan fingerprint density at radius 2 is 1.68 bits per heavy atom. The number of benzene rings is 2. The SMILES string of the molecule is CC(C)(C)N1CCC2(CC1)Oc1ccc(-c3ccc(CS(C)(=O)=O)cc3)cc1CC2O. The zero-order valence-electron chi connectivity index (χ0n) is 18.9. The van der Waals surface area contributed by atoms with Gasteiger partial charge in [0.2, 0.25) is 0 Å². The monoisotopic (exact) mass is 443 g/mol. The van der Waals surface area contributed by atoms with E-state index in [1.807, 2.05) is 36.4 Å². The molecule has 2 aromatic carbocycles. The molecule has 168 valence electrons. The molecule has 6 heteroatoms. The van der Waals surface area contributed by atoms with Gasteiger partial charge >= 0.3 is 0 Å². The van der Waals surface area contributed by atoms with E-state index in [0.29, 0.717) is 6.42 Å². The van der Waals surface area contributed by atoms with Crippen LogP contribution in [0.2, 0.25) is 0 Å². The molecule has 0 aliphatic carbocycles. The van der Waals surface area contributed by atoms with Crippen molar-refractivity contribution in [1.82, 2.24) is 4.90 Å². The first-order valence-corrected chi connectivity index (χ1v) is 13.0. The standard InChI is InChI=1S/C25H33NO4S/c1-24(2,3)26-13-11-25(12-14-26)23(27)16-21-15-20(9-10-22(21)30-25)19-7-5-18(6-8-19)17-31(4,28)29/h5-10,15,23,27H,11-14,16-17H2,1-4H3. The molecule has 1 fully saturated rings. The summed E-state index contributed by atoms with van der Waals surface area (Å²) >= 11 is 0. The molecule has 1 N–H and O–H groups in total. The van der Waals surface area contributed by atoms with Crippen LogP contribution >= 0.6 is 0 Å². The average Bonchev–Trinajstić information content (AvgIpc) is 2.68. The molecule has 31 heavy (non-hydrogen) atoms. The van der Waals surface area contributed by atoms with E-state index in [2.05, 4.69) is 31.7 Å². The lowest BCUT2D eigenvalue weighted by Gasteiger charge is -2.50. The number of piperidine rings is 1. The molecule has 0 amide bonds. The normalized spacial score (nSPS) is 21.5. The highest BCUT2D eigenvalue weighted by molar-refractivity contribution is 7.89. The summed E-state index contributed by atoms with van der Waals surface area (Å²) in [5.74, 6) is 0.915. The van der Waals surface area contributed by atoms with E-state index in [-0.39, 0.29) is 11.3 Å². The van der Waals surface area contributed by atoms with Crippen molar-refractivity contribution in [2.45, 2.75) is 63.0 Å². The number of hydrogen-bond acceptors (Lipinski definition) is 5. The lowest BCUT2D eigenvalue weighted by Crippen LogP contribution is -2.60. The van der Waals surface area contributed by atoms with Gasteiger partial charge in [-0.2, -0.15) is 0 Å². The predicted octanol–water partition coefficient (Wildman–Crippen LogP) is 3.83. The van der Waals surface area contributed by atoms with Crippen molar-refractivity contribution < 1.29 is 18.3 Å². The molecule has 5 nitrogen and oxygen atoms in total. The van der Waals surface area contributed by atoms with Gasteiger partial charge in [-0.1, -0.05) is 30.3 Å². The Morgan fingerprint density at radius 1 is 1.06 bits per heavy atom. The lowest BCUT2D eigenvalue weighted by atomic mass is 9.79. The van der Waals surface area contributed by atoms with Gasteiger partial charge in [0.25, 0.3) is 0 Å². The van der Waals surface area contributed by atoms with Gasteiger partial charge in [0.05, 0.1) is 11.9 Å². The number of likely N-dealkylation sites (tertiary alicyclic amines) is 1. The molecule has 1 atom stereocenters. The minimum absolute atomic E-state index is 0.0478. The summed E-state index contributed by atoms with van der Waals surface area (Å²) in [7, 11) is -3.05. The number of sulfone groups is 1. The van der Waals surface area contributed by atoms with E-state index in [1.54, 1.807) is 0 Å². The van der Waals surface area contributed by atoms with Crippen LogP contribution in [-0.2, 0) is 22.0 Å². The summed E-state index contributed by atoms with van der Waals surface area (Å²) in [6.45, 7) is 8.54. The van der Waals surface area contributed by atoms with Crippen LogP contribution in [0.5, 0.6) is 5.75 Å². The van der Waals surface area contributed by atoms with Crippen molar-refractivity contribution in [3.8, 4) is 16.9 Å². The van der Waals surface area contributed by atoms with E-state index in [9.17, 15) is 13.5 Å². The van der Waals surface area contributed by atoms with Crippen molar-refractivity contribution in [3.05, 3.63) is 53.6 Å². The molecular formula is C25H33NO4S. The summed E-state index contributed by atoms with van der Waals surface area (Å²) < 4.78 is 29.5. The first kappa shape index (κ1) is 22.3. The van der Waals surface area contributed by atoms with Gasteiger partial charge in [0.1, 0.15) is 11.4 Å². The van der Waals surface area contributed by atoms with Gasteiger partial charge in [-0.15, -0.1) is 0 Å². The summed E-state index contributed by atoms with van der Waals surface area (Å²) in [5.41, 5.74) is 3.50. The van der Waals surface area contributed by atoms with E-state index in [4.69, 9.17) is 4.74 Å². The second-order valence-corrected chi connectivity index (χ2v) is 12.3. The molecule has 0 radical (unpaired) electrons. The fraction of sp³-hybridized carbons (Fsp3) is 0.520. The van der Waals surface area contributed by atoms with Crippen molar-refractivity contribution in [3.63, 3.8) is 0 Å². The Balaban J connectivity index is 1.52. The number of fused-ring (bicyclic) bond motifs is 1. The van der Waals surface area contributed by atoms with Gasteiger partial charge in [-0.3, -0.25) is 4.90 Å². The van der Waals surface area contributed by atoms with Crippen LogP contribution in [0.25, 0.3) is 11.1 Å². The van der Waals surface area contributed by atoms with Gasteiger partial charge < -0.3 is 9.84 Å². The largest absolute Gasteiger partial charge is 0.484 e. The summed E-state index contributed by atoms with van der Waals surface area (Å²) in [6.07, 6.45) is 2.97. The van der Waals surface area contributed by atoms with Crippen LogP contribution in [0.3, 0.4) is 0 Å². The van der Waals surface area contributed by atoms with Crippen molar-refractivity contribution in [2.24, 2.45) is 0 Å². The molecule has 0 saturated carbocycles. The van der Waals surface area contributed by atoms with E-state index >= 15 is 0 Å². The summed E-state index contributed by atoms with van der Waals surface area (Å²) in [4.78, 5) is 2.46. The Labute approximate surface area is 186 Å². The first-order valence-electron chi connectivity index (χ1n) is 11.0. The smallest absolute Gasteiger partial charge is 0.151 e. The second kappa shape index (κ2) is 7.91. The van der Waals surface area contributed by atoms with E-state index < -0.39 is 21.5 Å². The van der Waals surface area contributed by atoms with Crippen LogP contribution in [0.4, 0.5) is 0 Å². The third kappa shape index (κ3) is 4.81. The first-order chi connectivity index (χ1) is 14.5. The lowest BCUT2D eigenvalue weighted by molar-refractivity contribution is -0.109. The molecule has 1 saturated heterocycles. The Hall–Kier alpha value is -1.89. The predicted molar refractivity (Wildman–Crippen MR) is 124 cm³/mol. The molecule has 2 aromatic rings. The number of nitrogens with zero attached hydrogens (tertiary/aromatic N) is 1. The molecule has 4 rings (SSSR count). The summed E-state index contributed by atoms with van der Waals surface area (Å²) in [5, 5.41) is 11.0. The quantitative estimate of drug-likeness (QED) is 0.781. The topological polar surface area (TPSA) is 66.8 Å². The van der Waals surface area contributed by atoms with Crippen molar-refractivity contribution >= 4 is 9.84 Å². The highest BCUT2D eigenvalue weighted by atomic mass is 32.2. The second-order valence-electron chi connectivity index (χ2n) is 10.1. The highest BCUT2D eigenvalue weighted by Crippen LogP contribution is 2.41. The molecule has 0 bridgehead atoms. The maximum Gasteiger partial charge on any atom is 0.151 e. The molecule has 1 unspecified atom stereocenters. The third-order valence-electron chi connectivity index (χ3n) is 6.67. The zero-order valence-corrected chi connectivity index (χ0v) is 19.7. The number of rotatable bonds is 3. The fourth-order valence-electron chi connectivity index (χ4n) is 4.79. The molecule has 0 aromatic heterocycles. The minimum atomic E-state index is -3.05. The van der Waals surface area contributed by atoms with Gasteiger partial charge in [0.15, 0.2) is 9.84 Å². The molecular weight excluding hydrogens is 410 g/mol. The maximum absolute atomic E-state index is 11.5. The average molecular weight is 444 g/mol. The number of aliphatic hydroxyl groups excluding tert-OH is 1. The van der Waals surface area contributed by atoms with Crippen molar-refractivity contribution in [2.75, 3.05) is 19.3 Å². The van der Waals surface area contributed by atoms with Gasteiger partial charge in [0, 0.05) is 44.1 Å². The van der Waals surface area contributed by atoms with Gasteiger partial charge in [-0.25, -0.2) is 8.42 Å². The molecule has 2 aliphatic rings. The highest BCUT2D eigenvalue weighted by Gasteiger charge is 2.47. The molecule has 2 aliphatic heterocycles. The van der Waals surface area contributed by atoms with Crippen LogP contribution in [0, 0.1) is 0 Å². The fourth-order valence-corrected chi connectivity index (χ4v) is 5.58.